The lowest BCUT2D eigenvalue weighted by Crippen LogP contribution is -2.28. The molecule has 2 rings (SSSR count). The fourth-order valence-corrected chi connectivity index (χ4v) is 1.99. The fourth-order valence-electron chi connectivity index (χ4n) is 1.99. The van der Waals surface area contributed by atoms with Gasteiger partial charge in [-0.2, -0.15) is 0 Å². The summed E-state index contributed by atoms with van der Waals surface area (Å²) in [7, 11) is 0. The molecule has 1 heterocycles. The van der Waals surface area contributed by atoms with Crippen molar-refractivity contribution in [3.8, 4) is 12.3 Å². The van der Waals surface area contributed by atoms with E-state index in [1.165, 1.54) is 0 Å². The fraction of sp³-hybridized carbons (Fsp3) is 0.200. The van der Waals surface area contributed by atoms with Gasteiger partial charge in [-0.1, -0.05) is 5.92 Å². The van der Waals surface area contributed by atoms with Gasteiger partial charge < -0.3 is 15.5 Å². The van der Waals surface area contributed by atoms with Crippen LogP contribution in [0.1, 0.15) is 11.1 Å². The van der Waals surface area contributed by atoms with Gasteiger partial charge in [0.1, 0.15) is 5.58 Å². The largest absolute Gasteiger partial charge is 0.422 e. The molecule has 0 unspecified atom stereocenters. The number of anilines is 1. The number of carbonyl (C=O) groups excluding carboxylic acids is 1. The predicted octanol–water partition coefficient (Wildman–Crippen LogP) is 0.976. The van der Waals surface area contributed by atoms with E-state index < -0.39 is 5.63 Å². The number of rotatable bonds is 3. The van der Waals surface area contributed by atoms with Crippen molar-refractivity contribution in [3.05, 3.63) is 39.7 Å². The van der Waals surface area contributed by atoms with Gasteiger partial charge in [0.05, 0.1) is 18.5 Å². The van der Waals surface area contributed by atoms with E-state index in [-0.39, 0.29) is 18.9 Å². The zero-order chi connectivity index (χ0) is 14.7. The first-order valence-electron chi connectivity index (χ1n) is 6.05. The van der Waals surface area contributed by atoms with Gasteiger partial charge in [-0.15, -0.1) is 6.42 Å². The number of hydrogen-bond acceptors (Lipinski definition) is 4. The lowest BCUT2D eigenvalue weighted by atomic mass is 10.0. The van der Waals surface area contributed by atoms with Crippen LogP contribution in [0.25, 0.3) is 11.0 Å². The van der Waals surface area contributed by atoms with Crippen molar-refractivity contribution >= 4 is 22.6 Å². The van der Waals surface area contributed by atoms with Gasteiger partial charge in [0, 0.05) is 17.1 Å². The molecular weight excluding hydrogens is 256 g/mol. The molecule has 0 atom stereocenters. The molecule has 0 radical (unpaired) electrons. The van der Waals surface area contributed by atoms with Crippen LogP contribution in [0.15, 0.2) is 27.4 Å². The van der Waals surface area contributed by atoms with Crippen LogP contribution < -0.4 is 16.7 Å². The molecule has 0 aliphatic rings. The van der Waals surface area contributed by atoms with Crippen LogP contribution in [0.5, 0.6) is 0 Å². The molecule has 5 nitrogen and oxygen atoms in total. The topological polar surface area (TPSA) is 85.3 Å². The third-order valence-electron chi connectivity index (χ3n) is 3.04. The maximum absolute atomic E-state index is 11.9. The van der Waals surface area contributed by atoms with Crippen molar-refractivity contribution in [1.29, 1.82) is 0 Å². The summed E-state index contributed by atoms with van der Waals surface area (Å²) >= 11 is 0. The van der Waals surface area contributed by atoms with Crippen molar-refractivity contribution in [3.63, 3.8) is 0 Å². The Morgan fingerprint density at radius 3 is 2.95 bits per heavy atom. The van der Waals surface area contributed by atoms with Crippen molar-refractivity contribution in [1.82, 2.24) is 5.32 Å². The molecule has 0 saturated carbocycles. The SMILES string of the molecule is C#CCNC(=O)Cc1c(C)c2ccc(N)cc2oc1=O. The Morgan fingerprint density at radius 2 is 2.25 bits per heavy atom. The van der Waals surface area contributed by atoms with Crippen molar-refractivity contribution in [2.45, 2.75) is 13.3 Å². The minimum Gasteiger partial charge on any atom is -0.422 e. The molecule has 5 heteroatoms. The first-order valence-corrected chi connectivity index (χ1v) is 6.05. The molecule has 0 aliphatic heterocycles. The number of nitrogens with two attached hydrogens (primary N) is 1. The van der Waals surface area contributed by atoms with Crippen LogP contribution in [-0.2, 0) is 11.2 Å². The molecule has 3 N–H and O–H groups in total. The quantitative estimate of drug-likeness (QED) is 0.494. The highest BCUT2D eigenvalue weighted by Crippen LogP contribution is 2.21. The average Bonchev–Trinajstić information content (AvgIpc) is 2.40. The number of nitrogen functional groups attached to an aromatic ring is 1. The Kier molecular flexibility index (Phi) is 3.76. The first kappa shape index (κ1) is 13.7. The summed E-state index contributed by atoms with van der Waals surface area (Å²) in [6.45, 7) is 1.91. The van der Waals surface area contributed by atoms with Crippen LogP contribution in [0, 0.1) is 19.3 Å². The van der Waals surface area contributed by atoms with E-state index >= 15 is 0 Å². The van der Waals surface area contributed by atoms with Crippen LogP contribution >= 0.6 is 0 Å². The van der Waals surface area contributed by atoms with Crippen LogP contribution in [-0.4, -0.2) is 12.5 Å². The molecular formula is C15H14N2O3. The zero-order valence-corrected chi connectivity index (χ0v) is 11.0. The number of aryl methyl sites for hydroxylation is 1. The summed E-state index contributed by atoms with van der Waals surface area (Å²) in [6.07, 6.45) is 5.00. The number of carbonyl (C=O) groups is 1. The number of terminal acetylenes is 1. The van der Waals surface area contributed by atoms with Crippen molar-refractivity contribution in [2.75, 3.05) is 12.3 Å². The Balaban J connectivity index is 2.45. The van der Waals surface area contributed by atoms with Crippen molar-refractivity contribution in [2.24, 2.45) is 0 Å². The van der Waals surface area contributed by atoms with Gasteiger partial charge in [0.15, 0.2) is 0 Å². The molecule has 0 aliphatic carbocycles. The second-order valence-electron chi connectivity index (χ2n) is 4.41. The monoisotopic (exact) mass is 270 g/mol. The normalized spacial score (nSPS) is 10.2. The molecule has 1 aromatic heterocycles. The highest BCUT2D eigenvalue weighted by Gasteiger charge is 2.14. The Bertz CT molecular complexity index is 769. The number of benzene rings is 1. The van der Waals surface area contributed by atoms with Gasteiger partial charge >= 0.3 is 5.63 Å². The average molecular weight is 270 g/mol. The first-order chi connectivity index (χ1) is 9.52. The Morgan fingerprint density at radius 1 is 1.50 bits per heavy atom. The molecule has 1 amide bonds. The number of fused-ring (bicyclic) bond motifs is 1. The lowest BCUT2D eigenvalue weighted by molar-refractivity contribution is -0.120. The molecule has 2 aromatic rings. The van der Waals surface area contributed by atoms with Gasteiger partial charge in [-0.3, -0.25) is 4.79 Å². The second kappa shape index (κ2) is 5.49. The van der Waals surface area contributed by atoms with E-state index in [4.69, 9.17) is 16.6 Å². The summed E-state index contributed by atoms with van der Waals surface area (Å²) in [6, 6.07) is 5.08. The molecule has 0 saturated heterocycles. The Hall–Kier alpha value is -2.74. The second-order valence-corrected chi connectivity index (χ2v) is 4.41. The van der Waals surface area contributed by atoms with Gasteiger partial charge in [-0.05, 0) is 24.6 Å². The van der Waals surface area contributed by atoms with E-state index in [1.54, 1.807) is 25.1 Å². The zero-order valence-electron chi connectivity index (χ0n) is 11.0. The highest BCUT2D eigenvalue weighted by molar-refractivity contribution is 5.86. The molecule has 0 spiro atoms. The maximum atomic E-state index is 11.9. The van der Waals surface area contributed by atoms with Crippen LogP contribution in [0.4, 0.5) is 5.69 Å². The number of nitrogens with one attached hydrogen (secondary N) is 1. The summed E-state index contributed by atoms with van der Waals surface area (Å²) < 4.78 is 5.20. The van der Waals surface area contributed by atoms with Gasteiger partial charge in [-0.25, -0.2) is 4.79 Å². The third-order valence-corrected chi connectivity index (χ3v) is 3.04. The van der Waals surface area contributed by atoms with E-state index in [0.29, 0.717) is 22.4 Å². The summed E-state index contributed by atoms with van der Waals surface area (Å²) in [5.41, 5.74) is 7.10. The smallest absolute Gasteiger partial charge is 0.340 e. The van der Waals surface area contributed by atoms with Crippen LogP contribution in [0.2, 0.25) is 0 Å². The van der Waals surface area contributed by atoms with E-state index in [2.05, 4.69) is 11.2 Å². The van der Waals surface area contributed by atoms with Crippen LogP contribution in [0.3, 0.4) is 0 Å². The van der Waals surface area contributed by atoms with E-state index in [0.717, 1.165) is 5.39 Å². The number of hydrogen-bond donors (Lipinski definition) is 2. The van der Waals surface area contributed by atoms with Gasteiger partial charge in [0.25, 0.3) is 0 Å². The van der Waals surface area contributed by atoms with E-state index in [1.807, 2.05) is 0 Å². The van der Waals surface area contributed by atoms with E-state index in [9.17, 15) is 9.59 Å². The molecule has 20 heavy (non-hydrogen) atoms. The van der Waals surface area contributed by atoms with Crippen molar-refractivity contribution < 1.29 is 9.21 Å². The summed E-state index contributed by atoms with van der Waals surface area (Å²) in [4.78, 5) is 23.6. The standard InChI is InChI=1S/C15H14N2O3/c1-3-6-17-14(18)8-12-9(2)11-5-4-10(16)7-13(11)20-15(12)19/h1,4-5,7H,6,8,16H2,2H3,(H,17,18). The lowest BCUT2D eigenvalue weighted by Gasteiger charge is -2.08. The summed E-state index contributed by atoms with van der Waals surface area (Å²) in [5, 5.41) is 3.28. The molecule has 0 fully saturated rings. The Labute approximate surface area is 115 Å². The molecule has 0 bridgehead atoms. The third kappa shape index (κ3) is 2.64. The molecule has 1 aromatic carbocycles. The number of amides is 1. The molecule has 102 valence electrons. The predicted molar refractivity (Wildman–Crippen MR) is 77.2 cm³/mol. The maximum Gasteiger partial charge on any atom is 0.340 e. The summed E-state index contributed by atoms with van der Waals surface area (Å²) in [5.74, 6) is 1.99. The minimum atomic E-state index is -0.531. The van der Waals surface area contributed by atoms with Gasteiger partial charge in [0.2, 0.25) is 5.91 Å². The minimum absolute atomic E-state index is 0.0594. The highest BCUT2D eigenvalue weighted by atomic mass is 16.4.